The molecule has 0 bridgehead atoms. The summed E-state index contributed by atoms with van der Waals surface area (Å²) in [6.07, 6.45) is 2.35. The number of aliphatic hydroxyl groups is 1. The highest BCUT2D eigenvalue weighted by molar-refractivity contribution is 6.05. The van der Waals surface area contributed by atoms with Crippen LogP contribution in [0, 0.1) is 17.8 Å². The van der Waals surface area contributed by atoms with Gasteiger partial charge in [-0.15, -0.1) is 0 Å². The Hall–Kier alpha value is -0.940. The molecule has 2 rings (SSSR count). The van der Waals surface area contributed by atoms with Crippen LogP contribution in [0.5, 0.6) is 0 Å². The van der Waals surface area contributed by atoms with Gasteiger partial charge >= 0.3 is 0 Å². The van der Waals surface area contributed by atoms with Gasteiger partial charge in [0.1, 0.15) is 0 Å². The van der Waals surface area contributed by atoms with Gasteiger partial charge in [0, 0.05) is 13.2 Å². The predicted octanol–water partition coefficient (Wildman–Crippen LogP) is 0.417. The molecule has 2 amide bonds. The van der Waals surface area contributed by atoms with Crippen LogP contribution in [0.25, 0.3) is 0 Å². The van der Waals surface area contributed by atoms with Gasteiger partial charge < -0.3 is 9.84 Å². The third-order valence-corrected chi connectivity index (χ3v) is 3.87. The molecule has 0 aromatic rings. The number of fused-ring (bicyclic) bond motifs is 1. The van der Waals surface area contributed by atoms with Crippen LogP contribution in [0.15, 0.2) is 0 Å². The van der Waals surface area contributed by atoms with Crippen LogP contribution >= 0.6 is 0 Å². The van der Waals surface area contributed by atoms with Crippen molar-refractivity contribution < 1.29 is 19.4 Å². The molecule has 2 unspecified atom stereocenters. The van der Waals surface area contributed by atoms with Crippen molar-refractivity contribution in [1.29, 1.82) is 0 Å². The van der Waals surface area contributed by atoms with Gasteiger partial charge in [0.25, 0.3) is 0 Å². The molecule has 2 atom stereocenters. The Bertz CT molecular complexity index is 307. The Labute approximate surface area is 107 Å². The molecule has 2 fully saturated rings. The average Bonchev–Trinajstić information content (AvgIpc) is 2.82. The fraction of sp³-hybridized carbons (Fsp3) is 0.846. The van der Waals surface area contributed by atoms with E-state index in [9.17, 15) is 9.59 Å². The summed E-state index contributed by atoms with van der Waals surface area (Å²) in [6.45, 7) is 3.34. The molecule has 1 saturated heterocycles. The number of rotatable bonds is 6. The van der Waals surface area contributed by atoms with Crippen molar-refractivity contribution in [2.75, 3.05) is 26.4 Å². The van der Waals surface area contributed by atoms with Crippen LogP contribution in [0.4, 0.5) is 0 Å². The lowest BCUT2D eigenvalue weighted by Gasteiger charge is -2.16. The quantitative estimate of drug-likeness (QED) is 0.551. The van der Waals surface area contributed by atoms with E-state index in [4.69, 9.17) is 9.84 Å². The Morgan fingerprint density at radius 3 is 2.39 bits per heavy atom. The van der Waals surface area contributed by atoms with Crippen LogP contribution in [0.3, 0.4) is 0 Å². The Kier molecular flexibility index (Phi) is 4.35. The number of aliphatic hydroxyl groups excluding tert-OH is 1. The highest BCUT2D eigenvalue weighted by atomic mass is 16.5. The summed E-state index contributed by atoms with van der Waals surface area (Å²) in [5, 5.41) is 8.55. The molecular weight excluding hydrogens is 234 g/mol. The van der Waals surface area contributed by atoms with Gasteiger partial charge in [-0.2, -0.15) is 0 Å². The van der Waals surface area contributed by atoms with Gasteiger partial charge in [-0.1, -0.05) is 6.92 Å². The summed E-state index contributed by atoms with van der Waals surface area (Å²) < 4.78 is 5.12. The lowest BCUT2D eigenvalue weighted by molar-refractivity contribution is -0.140. The third-order valence-electron chi connectivity index (χ3n) is 3.87. The van der Waals surface area contributed by atoms with Crippen molar-refractivity contribution in [3.05, 3.63) is 0 Å². The van der Waals surface area contributed by atoms with E-state index >= 15 is 0 Å². The summed E-state index contributed by atoms with van der Waals surface area (Å²) in [6, 6.07) is 0. The third kappa shape index (κ3) is 2.57. The minimum Gasteiger partial charge on any atom is -0.394 e. The number of nitrogens with zero attached hydrogens (tertiary/aromatic N) is 1. The zero-order valence-electron chi connectivity index (χ0n) is 10.8. The van der Waals surface area contributed by atoms with Crippen molar-refractivity contribution in [2.45, 2.75) is 26.2 Å². The zero-order valence-corrected chi connectivity index (χ0v) is 10.8. The number of amides is 2. The van der Waals surface area contributed by atoms with Crippen LogP contribution in [0.2, 0.25) is 0 Å². The molecule has 1 aliphatic carbocycles. The summed E-state index contributed by atoms with van der Waals surface area (Å²) in [7, 11) is 0. The molecule has 5 heteroatoms. The van der Waals surface area contributed by atoms with Crippen molar-refractivity contribution in [3.63, 3.8) is 0 Å². The SMILES string of the molecule is CC1CC2C(=O)N(CCCOCCO)C(=O)C2C1. The lowest BCUT2D eigenvalue weighted by atomic mass is 10.00. The lowest BCUT2D eigenvalue weighted by Crippen LogP contribution is -2.33. The molecule has 18 heavy (non-hydrogen) atoms. The first-order valence-electron chi connectivity index (χ1n) is 6.69. The molecule has 0 spiro atoms. The first-order valence-corrected chi connectivity index (χ1v) is 6.69. The molecule has 1 aliphatic heterocycles. The Morgan fingerprint density at radius 1 is 1.22 bits per heavy atom. The monoisotopic (exact) mass is 255 g/mol. The molecule has 1 saturated carbocycles. The molecule has 1 heterocycles. The minimum atomic E-state index is -0.0640. The maximum absolute atomic E-state index is 12.1. The van der Waals surface area contributed by atoms with Gasteiger partial charge in [0.15, 0.2) is 0 Å². The number of ether oxygens (including phenoxy) is 1. The van der Waals surface area contributed by atoms with Gasteiger partial charge in [0.2, 0.25) is 11.8 Å². The molecule has 0 aromatic carbocycles. The maximum Gasteiger partial charge on any atom is 0.233 e. The van der Waals surface area contributed by atoms with Crippen LogP contribution < -0.4 is 0 Å². The molecule has 1 N–H and O–H groups in total. The van der Waals surface area contributed by atoms with E-state index < -0.39 is 0 Å². The Balaban J connectivity index is 1.80. The summed E-state index contributed by atoms with van der Waals surface area (Å²) in [4.78, 5) is 25.6. The summed E-state index contributed by atoms with van der Waals surface area (Å²) in [5.41, 5.74) is 0. The van der Waals surface area contributed by atoms with Crippen molar-refractivity contribution >= 4 is 11.8 Å². The molecule has 2 aliphatic rings. The van der Waals surface area contributed by atoms with Crippen molar-refractivity contribution in [1.82, 2.24) is 4.90 Å². The summed E-state index contributed by atoms with van der Waals surface area (Å²) in [5.74, 6) is 0.382. The average molecular weight is 255 g/mol. The highest BCUT2D eigenvalue weighted by Crippen LogP contribution is 2.42. The number of hydrogen-bond acceptors (Lipinski definition) is 4. The van der Waals surface area contributed by atoms with E-state index in [0.29, 0.717) is 32.1 Å². The van der Waals surface area contributed by atoms with E-state index in [1.165, 1.54) is 4.90 Å². The number of imide groups is 1. The first-order chi connectivity index (χ1) is 8.65. The normalized spacial score (nSPS) is 31.2. The molecular formula is C13H21NO4. The van der Waals surface area contributed by atoms with E-state index in [0.717, 1.165) is 12.8 Å². The topological polar surface area (TPSA) is 66.8 Å². The maximum atomic E-state index is 12.1. The second-order valence-corrected chi connectivity index (χ2v) is 5.31. The second kappa shape index (κ2) is 5.80. The van der Waals surface area contributed by atoms with E-state index in [1.54, 1.807) is 0 Å². The van der Waals surface area contributed by atoms with E-state index in [-0.39, 0.29) is 30.3 Å². The number of carbonyl (C=O) groups excluding carboxylic acids is 2. The highest BCUT2D eigenvalue weighted by Gasteiger charge is 2.51. The van der Waals surface area contributed by atoms with Crippen molar-refractivity contribution in [3.8, 4) is 0 Å². The smallest absolute Gasteiger partial charge is 0.233 e. The molecule has 102 valence electrons. The molecule has 0 radical (unpaired) electrons. The fourth-order valence-corrected chi connectivity index (χ4v) is 3.06. The van der Waals surface area contributed by atoms with Gasteiger partial charge in [0.05, 0.1) is 25.0 Å². The number of likely N-dealkylation sites (tertiary alicyclic amines) is 1. The van der Waals surface area contributed by atoms with Gasteiger partial charge in [-0.3, -0.25) is 14.5 Å². The molecule has 0 aromatic heterocycles. The standard InChI is InChI=1S/C13H21NO4/c1-9-7-10-11(8-9)13(17)14(12(10)16)3-2-5-18-6-4-15/h9-11,15H,2-8H2,1H3. The largest absolute Gasteiger partial charge is 0.394 e. The van der Waals surface area contributed by atoms with Crippen LogP contribution in [-0.2, 0) is 14.3 Å². The van der Waals surface area contributed by atoms with E-state index in [1.807, 2.05) is 0 Å². The first kappa shape index (κ1) is 13.5. The second-order valence-electron chi connectivity index (χ2n) is 5.31. The number of hydrogen-bond donors (Lipinski definition) is 1. The zero-order chi connectivity index (χ0) is 13.1. The fourth-order valence-electron chi connectivity index (χ4n) is 3.06. The summed E-state index contributed by atoms with van der Waals surface area (Å²) >= 11 is 0. The van der Waals surface area contributed by atoms with Gasteiger partial charge in [-0.05, 0) is 25.2 Å². The van der Waals surface area contributed by atoms with E-state index in [2.05, 4.69) is 6.92 Å². The molecule has 5 nitrogen and oxygen atoms in total. The van der Waals surface area contributed by atoms with Crippen LogP contribution in [0.1, 0.15) is 26.2 Å². The van der Waals surface area contributed by atoms with Crippen LogP contribution in [-0.4, -0.2) is 48.2 Å². The Morgan fingerprint density at radius 2 is 1.83 bits per heavy atom. The number of carbonyl (C=O) groups is 2. The predicted molar refractivity (Wildman–Crippen MR) is 64.6 cm³/mol. The van der Waals surface area contributed by atoms with Crippen molar-refractivity contribution in [2.24, 2.45) is 17.8 Å². The van der Waals surface area contributed by atoms with Gasteiger partial charge in [-0.25, -0.2) is 0 Å². The minimum absolute atomic E-state index is 0.00358.